The molecule has 0 aliphatic rings. The minimum Gasteiger partial charge on any atom is -0.462 e. The fraction of sp³-hybridized carbons (Fsp3) is 0.273. The van der Waals surface area contributed by atoms with Gasteiger partial charge in [0.1, 0.15) is 6.07 Å². The number of nitrogens with zero attached hydrogens (tertiary/aromatic N) is 2. The van der Waals surface area contributed by atoms with Crippen molar-refractivity contribution in [3.63, 3.8) is 0 Å². The zero-order chi connectivity index (χ0) is 13.7. The summed E-state index contributed by atoms with van der Waals surface area (Å²) in [5.74, 6) is -0.729. The summed E-state index contributed by atoms with van der Waals surface area (Å²) in [5, 5.41) is 19.9. The first-order valence-electron chi connectivity index (χ1n) is 5.00. The Morgan fingerprint density at radius 1 is 1.61 bits per heavy atom. The van der Waals surface area contributed by atoms with E-state index >= 15 is 0 Å². The van der Waals surface area contributed by atoms with Crippen LogP contribution < -0.4 is 0 Å². The quantitative estimate of drug-likeness (QED) is 0.368. The first-order valence-corrected chi connectivity index (χ1v) is 6.12. The number of hydrogen-bond donors (Lipinski definition) is 0. The zero-order valence-corrected chi connectivity index (χ0v) is 11.1. The second kappa shape index (κ2) is 6.12. The van der Waals surface area contributed by atoms with Crippen molar-refractivity contribution in [2.24, 2.45) is 0 Å². The Hall–Kier alpha value is -1.94. The summed E-state index contributed by atoms with van der Waals surface area (Å²) in [6.45, 7) is 1.75. The van der Waals surface area contributed by atoms with Gasteiger partial charge in [0.05, 0.1) is 28.2 Å². The first-order chi connectivity index (χ1) is 8.56. The second-order valence-electron chi connectivity index (χ2n) is 3.21. The highest BCUT2D eigenvalue weighted by atomic mass is 79.9. The number of nitro groups is 1. The van der Waals surface area contributed by atoms with Gasteiger partial charge in [-0.15, -0.1) is 0 Å². The topological polar surface area (TPSA) is 93.2 Å². The van der Waals surface area contributed by atoms with Crippen LogP contribution in [0.2, 0.25) is 0 Å². The Morgan fingerprint density at radius 2 is 2.28 bits per heavy atom. The van der Waals surface area contributed by atoms with Crippen LogP contribution >= 0.6 is 15.9 Å². The minimum absolute atomic E-state index is 0.0505. The summed E-state index contributed by atoms with van der Waals surface area (Å²) in [4.78, 5) is 22.0. The van der Waals surface area contributed by atoms with Gasteiger partial charge in [0, 0.05) is 11.4 Å². The molecule has 1 aromatic carbocycles. The van der Waals surface area contributed by atoms with Crippen LogP contribution in [0.25, 0.3) is 0 Å². The number of carbonyl (C=O) groups is 1. The van der Waals surface area contributed by atoms with Crippen molar-refractivity contribution in [3.05, 3.63) is 38.9 Å². The summed E-state index contributed by atoms with van der Waals surface area (Å²) in [6.07, 6.45) is 0. The molecule has 0 radical (unpaired) electrons. The average molecular weight is 313 g/mol. The number of carbonyl (C=O) groups excluding carboxylic acids is 1. The molecule has 0 aromatic heterocycles. The van der Waals surface area contributed by atoms with Gasteiger partial charge in [-0.05, 0) is 13.0 Å². The van der Waals surface area contributed by atoms with Gasteiger partial charge in [-0.2, -0.15) is 5.26 Å². The van der Waals surface area contributed by atoms with E-state index in [4.69, 9.17) is 10.00 Å². The fourth-order valence-electron chi connectivity index (χ4n) is 1.47. The molecule has 94 valence electrons. The highest BCUT2D eigenvalue weighted by Crippen LogP contribution is 2.28. The predicted octanol–water partition coefficient (Wildman–Crippen LogP) is 2.54. The maximum Gasteiger partial charge on any atom is 0.340 e. The van der Waals surface area contributed by atoms with E-state index in [0.29, 0.717) is 0 Å². The first kappa shape index (κ1) is 14.1. The highest BCUT2D eigenvalue weighted by Gasteiger charge is 2.25. The molecule has 0 aliphatic heterocycles. The van der Waals surface area contributed by atoms with Crippen LogP contribution in [0.5, 0.6) is 0 Å². The van der Waals surface area contributed by atoms with E-state index in [-0.39, 0.29) is 34.3 Å². The van der Waals surface area contributed by atoms with Crippen LogP contribution in [-0.4, -0.2) is 17.5 Å². The van der Waals surface area contributed by atoms with Gasteiger partial charge >= 0.3 is 5.97 Å². The van der Waals surface area contributed by atoms with E-state index in [9.17, 15) is 14.9 Å². The molecule has 0 atom stereocenters. The van der Waals surface area contributed by atoms with Crippen LogP contribution in [-0.2, 0) is 10.1 Å². The van der Waals surface area contributed by atoms with Crippen molar-refractivity contribution in [1.29, 1.82) is 5.26 Å². The molecule has 0 amide bonds. The summed E-state index contributed by atoms with van der Waals surface area (Å²) in [5.41, 5.74) is -0.0506. The predicted molar refractivity (Wildman–Crippen MR) is 66.4 cm³/mol. The van der Waals surface area contributed by atoms with E-state index in [1.165, 1.54) is 12.1 Å². The number of hydrogen-bond acceptors (Lipinski definition) is 5. The third-order valence-electron chi connectivity index (χ3n) is 2.22. The molecule has 7 heteroatoms. The standard InChI is InChI=1S/C11H9BrN2O4/c1-2-18-11(15)10-7(6-13)3-4-9(14(16)17)8(10)5-12/h3-4H,2,5H2,1H3. The Balaban J connectivity index is 3.52. The average Bonchev–Trinajstić information content (AvgIpc) is 2.36. The summed E-state index contributed by atoms with van der Waals surface area (Å²) < 4.78 is 4.81. The monoisotopic (exact) mass is 312 g/mol. The third-order valence-corrected chi connectivity index (χ3v) is 2.78. The van der Waals surface area contributed by atoms with E-state index in [1.807, 2.05) is 6.07 Å². The van der Waals surface area contributed by atoms with E-state index in [1.54, 1.807) is 6.92 Å². The maximum atomic E-state index is 11.8. The van der Waals surface area contributed by atoms with Crippen molar-refractivity contribution in [2.75, 3.05) is 6.61 Å². The zero-order valence-electron chi connectivity index (χ0n) is 9.47. The Morgan fingerprint density at radius 3 is 2.72 bits per heavy atom. The number of esters is 1. The maximum absolute atomic E-state index is 11.8. The molecule has 0 aliphatic carbocycles. The fourth-order valence-corrected chi connectivity index (χ4v) is 2.04. The molecule has 0 bridgehead atoms. The second-order valence-corrected chi connectivity index (χ2v) is 3.77. The number of ether oxygens (including phenoxy) is 1. The number of alkyl halides is 1. The number of benzene rings is 1. The molecule has 0 saturated carbocycles. The molecule has 0 heterocycles. The number of nitro benzene ring substituents is 1. The Labute approximate surface area is 111 Å². The van der Waals surface area contributed by atoms with Crippen molar-refractivity contribution >= 4 is 27.6 Å². The smallest absolute Gasteiger partial charge is 0.340 e. The van der Waals surface area contributed by atoms with Gasteiger partial charge in [-0.1, -0.05) is 15.9 Å². The van der Waals surface area contributed by atoms with Crippen molar-refractivity contribution in [3.8, 4) is 6.07 Å². The molecule has 0 N–H and O–H groups in total. The molecule has 1 rings (SSSR count). The van der Waals surface area contributed by atoms with Gasteiger partial charge in [0.25, 0.3) is 5.69 Å². The van der Waals surface area contributed by atoms with Crippen LogP contribution in [0.3, 0.4) is 0 Å². The Kier molecular flexibility index (Phi) is 4.80. The molecule has 0 saturated heterocycles. The van der Waals surface area contributed by atoms with Crippen LogP contribution in [0, 0.1) is 21.4 Å². The van der Waals surface area contributed by atoms with Gasteiger partial charge < -0.3 is 4.74 Å². The lowest BCUT2D eigenvalue weighted by Gasteiger charge is -2.08. The lowest BCUT2D eigenvalue weighted by molar-refractivity contribution is -0.385. The van der Waals surface area contributed by atoms with E-state index in [2.05, 4.69) is 15.9 Å². The van der Waals surface area contributed by atoms with Crippen LogP contribution in [0.1, 0.15) is 28.4 Å². The molecule has 0 spiro atoms. The van der Waals surface area contributed by atoms with Crippen LogP contribution in [0.15, 0.2) is 12.1 Å². The largest absolute Gasteiger partial charge is 0.462 e. The SMILES string of the molecule is CCOC(=O)c1c(C#N)ccc([N+](=O)[O-])c1CBr. The molecule has 0 unspecified atom stereocenters. The number of nitriles is 1. The molecule has 6 nitrogen and oxygen atoms in total. The van der Waals surface area contributed by atoms with E-state index in [0.717, 1.165) is 0 Å². The van der Waals surface area contributed by atoms with Gasteiger partial charge in [-0.25, -0.2) is 4.79 Å². The number of halogens is 1. The summed E-state index contributed by atoms with van der Waals surface area (Å²) in [7, 11) is 0. The van der Waals surface area contributed by atoms with Gasteiger partial charge in [-0.3, -0.25) is 10.1 Å². The molecular weight excluding hydrogens is 304 g/mol. The van der Waals surface area contributed by atoms with Gasteiger partial charge in [0.15, 0.2) is 0 Å². The van der Waals surface area contributed by atoms with Crippen LogP contribution in [0.4, 0.5) is 5.69 Å². The normalized spacial score (nSPS) is 9.61. The molecule has 18 heavy (non-hydrogen) atoms. The molecule has 1 aromatic rings. The third kappa shape index (κ3) is 2.65. The minimum atomic E-state index is -0.729. The lowest BCUT2D eigenvalue weighted by atomic mass is 10.0. The highest BCUT2D eigenvalue weighted by molar-refractivity contribution is 9.08. The lowest BCUT2D eigenvalue weighted by Crippen LogP contribution is -2.11. The molecular formula is C11H9BrN2O4. The molecule has 0 fully saturated rings. The Bertz CT molecular complexity index is 537. The van der Waals surface area contributed by atoms with Crippen molar-refractivity contribution in [1.82, 2.24) is 0 Å². The van der Waals surface area contributed by atoms with Crippen molar-refractivity contribution in [2.45, 2.75) is 12.3 Å². The van der Waals surface area contributed by atoms with E-state index < -0.39 is 10.9 Å². The van der Waals surface area contributed by atoms with Crippen molar-refractivity contribution < 1.29 is 14.5 Å². The number of rotatable bonds is 4. The van der Waals surface area contributed by atoms with Gasteiger partial charge in [0.2, 0.25) is 0 Å². The summed E-state index contributed by atoms with van der Waals surface area (Å²) in [6, 6.07) is 4.28. The summed E-state index contributed by atoms with van der Waals surface area (Å²) >= 11 is 3.09.